The summed E-state index contributed by atoms with van der Waals surface area (Å²) in [6, 6.07) is 18.1. The molecule has 0 amide bonds. The summed E-state index contributed by atoms with van der Waals surface area (Å²) >= 11 is 0. The van der Waals surface area contributed by atoms with Crippen LogP contribution in [0.2, 0.25) is 0 Å². The van der Waals surface area contributed by atoms with E-state index in [1.807, 2.05) is 42.5 Å². The van der Waals surface area contributed by atoms with Gasteiger partial charge in [0.2, 0.25) is 0 Å². The second-order valence-corrected chi connectivity index (χ2v) is 5.08. The molecule has 0 saturated carbocycles. The summed E-state index contributed by atoms with van der Waals surface area (Å²) in [5, 5.41) is 13.4. The molecule has 2 N–H and O–H groups in total. The normalized spacial score (nSPS) is 12.4. The van der Waals surface area contributed by atoms with Crippen molar-refractivity contribution in [1.82, 2.24) is 0 Å². The first-order valence-electron chi connectivity index (χ1n) is 6.73. The van der Waals surface area contributed by atoms with E-state index in [2.05, 4.69) is 31.3 Å². The molecule has 0 aromatic heterocycles. The number of aliphatic hydroxyl groups is 1. The van der Waals surface area contributed by atoms with E-state index in [0.29, 0.717) is 12.5 Å². The van der Waals surface area contributed by atoms with Gasteiger partial charge in [-0.3, -0.25) is 0 Å². The molecule has 0 aliphatic carbocycles. The van der Waals surface area contributed by atoms with Crippen LogP contribution in [0.1, 0.15) is 37.0 Å². The van der Waals surface area contributed by atoms with Gasteiger partial charge in [0.15, 0.2) is 0 Å². The van der Waals surface area contributed by atoms with Crippen molar-refractivity contribution in [2.75, 3.05) is 11.9 Å². The minimum atomic E-state index is -0.485. The minimum absolute atomic E-state index is 0.485. The summed E-state index contributed by atoms with van der Waals surface area (Å²) in [4.78, 5) is 0. The average molecular weight is 255 g/mol. The maximum Gasteiger partial charge on any atom is 0.0962 e. The van der Waals surface area contributed by atoms with Crippen LogP contribution < -0.4 is 5.32 Å². The smallest absolute Gasteiger partial charge is 0.0962 e. The van der Waals surface area contributed by atoms with Gasteiger partial charge < -0.3 is 10.4 Å². The molecule has 0 bridgehead atoms. The van der Waals surface area contributed by atoms with Gasteiger partial charge in [0.1, 0.15) is 0 Å². The summed E-state index contributed by atoms with van der Waals surface area (Å²) < 4.78 is 0. The van der Waals surface area contributed by atoms with Gasteiger partial charge in [0.25, 0.3) is 0 Å². The number of benzene rings is 2. The van der Waals surface area contributed by atoms with Crippen molar-refractivity contribution in [3.05, 3.63) is 65.7 Å². The topological polar surface area (TPSA) is 32.3 Å². The molecule has 0 aliphatic rings. The molecule has 19 heavy (non-hydrogen) atoms. The average Bonchev–Trinajstić information content (AvgIpc) is 2.46. The fraction of sp³-hybridized carbons (Fsp3) is 0.294. The van der Waals surface area contributed by atoms with Crippen LogP contribution in [0.4, 0.5) is 5.69 Å². The van der Waals surface area contributed by atoms with Crippen molar-refractivity contribution < 1.29 is 5.11 Å². The lowest BCUT2D eigenvalue weighted by Gasteiger charge is -2.14. The van der Waals surface area contributed by atoms with Crippen molar-refractivity contribution in [1.29, 1.82) is 0 Å². The van der Waals surface area contributed by atoms with Gasteiger partial charge in [0, 0.05) is 12.2 Å². The zero-order chi connectivity index (χ0) is 13.7. The third-order valence-electron chi connectivity index (χ3n) is 3.26. The van der Waals surface area contributed by atoms with Crippen LogP contribution in [0.3, 0.4) is 0 Å². The molecule has 1 atom stereocenters. The molecule has 2 aromatic rings. The Hall–Kier alpha value is -1.80. The Labute approximate surface area is 115 Å². The number of aliphatic hydroxyl groups excluding tert-OH is 1. The van der Waals surface area contributed by atoms with E-state index in [1.165, 1.54) is 5.56 Å². The molecule has 2 nitrogen and oxygen atoms in total. The fourth-order valence-corrected chi connectivity index (χ4v) is 1.99. The molecule has 1 unspecified atom stereocenters. The molecule has 2 rings (SSSR count). The number of hydrogen-bond donors (Lipinski definition) is 2. The molecular formula is C17H21NO. The van der Waals surface area contributed by atoms with E-state index >= 15 is 0 Å². The van der Waals surface area contributed by atoms with E-state index in [9.17, 15) is 5.11 Å². The largest absolute Gasteiger partial charge is 0.387 e. The Balaban J connectivity index is 1.94. The highest BCUT2D eigenvalue weighted by atomic mass is 16.3. The summed E-state index contributed by atoms with van der Waals surface area (Å²) in [6.07, 6.45) is -0.485. The first-order chi connectivity index (χ1) is 9.16. The van der Waals surface area contributed by atoms with Crippen molar-refractivity contribution in [3.8, 4) is 0 Å². The molecule has 0 spiro atoms. The van der Waals surface area contributed by atoms with Gasteiger partial charge >= 0.3 is 0 Å². The van der Waals surface area contributed by atoms with Crippen LogP contribution in [-0.2, 0) is 0 Å². The molecule has 2 aromatic carbocycles. The molecule has 0 heterocycles. The van der Waals surface area contributed by atoms with Crippen molar-refractivity contribution in [2.45, 2.75) is 25.9 Å². The van der Waals surface area contributed by atoms with Gasteiger partial charge in [-0.1, -0.05) is 56.3 Å². The quantitative estimate of drug-likeness (QED) is 0.847. The number of hydrogen-bond acceptors (Lipinski definition) is 2. The Morgan fingerprint density at radius 3 is 2.05 bits per heavy atom. The Kier molecular flexibility index (Phi) is 4.58. The highest BCUT2D eigenvalue weighted by molar-refractivity contribution is 5.42. The van der Waals surface area contributed by atoms with Gasteiger partial charge in [-0.05, 0) is 29.2 Å². The highest BCUT2D eigenvalue weighted by Gasteiger charge is 2.07. The molecule has 0 aliphatic heterocycles. The standard InChI is InChI=1S/C17H21NO/c1-13(2)14-8-10-15(11-9-14)17(19)12-18-16-6-4-3-5-7-16/h3-11,13,17-19H,12H2,1-2H3. The van der Waals surface area contributed by atoms with Gasteiger partial charge in [0.05, 0.1) is 6.10 Å². The van der Waals surface area contributed by atoms with E-state index < -0.39 is 6.10 Å². The highest BCUT2D eigenvalue weighted by Crippen LogP contribution is 2.19. The lowest BCUT2D eigenvalue weighted by Crippen LogP contribution is -2.12. The third kappa shape index (κ3) is 3.83. The Morgan fingerprint density at radius 1 is 0.895 bits per heavy atom. The van der Waals surface area contributed by atoms with Crippen LogP contribution in [0.15, 0.2) is 54.6 Å². The van der Waals surface area contributed by atoms with Crippen LogP contribution in [0, 0.1) is 0 Å². The van der Waals surface area contributed by atoms with Gasteiger partial charge in [-0.2, -0.15) is 0 Å². The molecule has 0 fully saturated rings. The number of rotatable bonds is 5. The van der Waals surface area contributed by atoms with Gasteiger partial charge in [-0.15, -0.1) is 0 Å². The maximum absolute atomic E-state index is 10.1. The number of para-hydroxylation sites is 1. The summed E-state index contributed by atoms with van der Waals surface area (Å²) in [5.74, 6) is 0.522. The zero-order valence-electron chi connectivity index (χ0n) is 11.5. The van der Waals surface area contributed by atoms with E-state index in [-0.39, 0.29) is 0 Å². The van der Waals surface area contributed by atoms with Crippen LogP contribution in [0.25, 0.3) is 0 Å². The van der Waals surface area contributed by atoms with Crippen LogP contribution >= 0.6 is 0 Å². The maximum atomic E-state index is 10.1. The molecular weight excluding hydrogens is 234 g/mol. The van der Waals surface area contributed by atoms with Crippen molar-refractivity contribution in [3.63, 3.8) is 0 Å². The lowest BCUT2D eigenvalue weighted by atomic mass is 10.00. The molecule has 0 radical (unpaired) electrons. The fourth-order valence-electron chi connectivity index (χ4n) is 1.99. The van der Waals surface area contributed by atoms with Crippen LogP contribution in [-0.4, -0.2) is 11.7 Å². The minimum Gasteiger partial charge on any atom is -0.387 e. The van der Waals surface area contributed by atoms with Gasteiger partial charge in [-0.25, -0.2) is 0 Å². The summed E-state index contributed by atoms with van der Waals surface area (Å²) in [7, 11) is 0. The Morgan fingerprint density at radius 2 is 1.47 bits per heavy atom. The van der Waals surface area contributed by atoms with E-state index in [1.54, 1.807) is 0 Å². The summed E-state index contributed by atoms with van der Waals surface area (Å²) in [5.41, 5.74) is 3.28. The van der Waals surface area contributed by atoms with Crippen molar-refractivity contribution in [2.24, 2.45) is 0 Å². The monoisotopic (exact) mass is 255 g/mol. The first kappa shape index (κ1) is 13.6. The van der Waals surface area contributed by atoms with E-state index in [0.717, 1.165) is 11.3 Å². The second kappa shape index (κ2) is 6.39. The second-order valence-electron chi connectivity index (χ2n) is 5.08. The SMILES string of the molecule is CC(C)c1ccc(C(O)CNc2ccccc2)cc1. The third-order valence-corrected chi connectivity index (χ3v) is 3.26. The summed E-state index contributed by atoms with van der Waals surface area (Å²) in [6.45, 7) is 4.86. The predicted molar refractivity (Wildman–Crippen MR) is 80.4 cm³/mol. The lowest BCUT2D eigenvalue weighted by molar-refractivity contribution is 0.191. The van der Waals surface area contributed by atoms with Crippen LogP contribution in [0.5, 0.6) is 0 Å². The zero-order valence-corrected chi connectivity index (χ0v) is 11.5. The molecule has 0 saturated heterocycles. The number of nitrogens with one attached hydrogen (secondary N) is 1. The van der Waals surface area contributed by atoms with Crippen molar-refractivity contribution >= 4 is 5.69 Å². The first-order valence-corrected chi connectivity index (χ1v) is 6.73. The number of anilines is 1. The Bertz CT molecular complexity index is 490. The predicted octanol–water partition coefficient (Wildman–Crippen LogP) is 3.96. The molecule has 100 valence electrons. The van der Waals surface area contributed by atoms with E-state index in [4.69, 9.17) is 0 Å². The molecule has 2 heteroatoms.